The average molecular weight is 461 g/mol. The molecule has 1 fully saturated rings. The van der Waals surface area contributed by atoms with E-state index in [1.54, 1.807) is 48.5 Å². The smallest absolute Gasteiger partial charge is 0.291 e. The molecule has 3 aromatic rings. The minimum absolute atomic E-state index is 0.0865. The Morgan fingerprint density at radius 2 is 1.91 bits per heavy atom. The molecule has 1 aliphatic heterocycles. The fourth-order valence-electron chi connectivity index (χ4n) is 3.63. The highest BCUT2D eigenvalue weighted by Crippen LogP contribution is 2.36. The predicted molar refractivity (Wildman–Crippen MR) is 112 cm³/mol. The van der Waals surface area contributed by atoms with E-state index < -0.39 is 36.3 Å². The molecule has 0 bridgehead atoms. The maximum atomic E-state index is 13.7. The number of aromatic nitrogens is 1. The molecule has 1 amide bonds. The van der Waals surface area contributed by atoms with Gasteiger partial charge in [-0.15, -0.1) is 0 Å². The Morgan fingerprint density at radius 3 is 2.55 bits per heavy atom. The van der Waals surface area contributed by atoms with Crippen molar-refractivity contribution in [3.63, 3.8) is 0 Å². The quantitative estimate of drug-likeness (QED) is 0.539. The van der Waals surface area contributed by atoms with Gasteiger partial charge in [-0.1, -0.05) is 18.2 Å². The second-order valence-electron chi connectivity index (χ2n) is 7.38. The van der Waals surface area contributed by atoms with E-state index in [1.165, 1.54) is 6.07 Å². The number of benzene rings is 2. The molecular formula is C23H19F4N3O3. The molecule has 172 valence electrons. The van der Waals surface area contributed by atoms with E-state index in [-0.39, 0.29) is 10.6 Å². The summed E-state index contributed by atoms with van der Waals surface area (Å²) >= 11 is 0. The SMILES string of the molecule is CCOc1ccc(-c2cc(C(=O)N3NC(=C(F)F)CC3(O)C(F)F)c3ccccc3n2)cc1. The molecule has 33 heavy (non-hydrogen) atoms. The van der Waals surface area contributed by atoms with E-state index in [0.717, 1.165) is 0 Å². The van der Waals surface area contributed by atoms with Crippen LogP contribution in [0.25, 0.3) is 22.2 Å². The number of hydrogen-bond donors (Lipinski definition) is 2. The van der Waals surface area contributed by atoms with Crippen LogP contribution in [-0.2, 0) is 0 Å². The molecule has 4 rings (SSSR count). The van der Waals surface area contributed by atoms with Crippen molar-refractivity contribution in [2.45, 2.75) is 25.5 Å². The van der Waals surface area contributed by atoms with E-state index in [4.69, 9.17) is 4.74 Å². The fraction of sp³-hybridized carbons (Fsp3) is 0.217. The van der Waals surface area contributed by atoms with Crippen LogP contribution >= 0.6 is 0 Å². The summed E-state index contributed by atoms with van der Waals surface area (Å²) in [5, 5.41) is 10.9. The number of para-hydroxylation sites is 1. The summed E-state index contributed by atoms with van der Waals surface area (Å²) in [6.07, 6.45) is -6.92. The van der Waals surface area contributed by atoms with Crippen molar-refractivity contribution in [2.24, 2.45) is 0 Å². The molecule has 1 aliphatic rings. The molecule has 1 unspecified atom stereocenters. The van der Waals surface area contributed by atoms with Gasteiger partial charge in [0, 0.05) is 10.9 Å². The van der Waals surface area contributed by atoms with Crippen LogP contribution in [-0.4, -0.2) is 39.8 Å². The number of carbonyl (C=O) groups is 1. The lowest BCUT2D eigenvalue weighted by molar-refractivity contribution is -0.168. The zero-order valence-corrected chi connectivity index (χ0v) is 17.4. The van der Waals surface area contributed by atoms with Gasteiger partial charge in [-0.05, 0) is 43.3 Å². The van der Waals surface area contributed by atoms with Gasteiger partial charge in [-0.25, -0.2) is 18.8 Å². The normalized spacial score (nSPS) is 18.0. The summed E-state index contributed by atoms with van der Waals surface area (Å²) in [5.41, 5.74) is -0.861. The third-order valence-electron chi connectivity index (χ3n) is 5.26. The van der Waals surface area contributed by atoms with Gasteiger partial charge in [0.1, 0.15) is 11.4 Å². The standard InChI is InChI=1S/C23H19F4N3O3/c1-2-33-14-9-7-13(8-10-14)18-11-16(15-5-3-4-6-17(15)28-18)21(31)30-23(32,22(26)27)12-19(29-30)20(24)25/h3-11,22,29,32H,2,12H2,1H3. The van der Waals surface area contributed by atoms with Crippen LogP contribution in [0.4, 0.5) is 17.6 Å². The number of pyridine rings is 1. The van der Waals surface area contributed by atoms with Gasteiger partial charge in [0.05, 0.1) is 29.8 Å². The number of nitrogens with one attached hydrogen (secondary N) is 1. The molecule has 1 saturated heterocycles. The molecule has 1 atom stereocenters. The zero-order valence-electron chi connectivity index (χ0n) is 17.4. The van der Waals surface area contributed by atoms with E-state index in [9.17, 15) is 27.5 Å². The first-order valence-electron chi connectivity index (χ1n) is 10.0. The number of aliphatic hydroxyl groups is 1. The van der Waals surface area contributed by atoms with Crippen LogP contribution < -0.4 is 10.2 Å². The third-order valence-corrected chi connectivity index (χ3v) is 5.26. The average Bonchev–Trinajstić information content (AvgIpc) is 3.18. The highest BCUT2D eigenvalue weighted by atomic mass is 19.3. The maximum absolute atomic E-state index is 13.7. The molecule has 0 spiro atoms. The topological polar surface area (TPSA) is 74.7 Å². The number of alkyl halides is 2. The van der Waals surface area contributed by atoms with Crippen LogP contribution in [0, 0.1) is 0 Å². The number of carbonyl (C=O) groups excluding carboxylic acids is 1. The maximum Gasteiger partial charge on any atom is 0.291 e. The number of ether oxygens (including phenoxy) is 1. The summed E-state index contributed by atoms with van der Waals surface area (Å²) in [6, 6.07) is 14.8. The molecule has 0 saturated carbocycles. The van der Waals surface area contributed by atoms with Gasteiger partial charge in [0.25, 0.3) is 18.4 Å². The molecule has 10 heteroatoms. The van der Waals surface area contributed by atoms with Crippen molar-refractivity contribution in [2.75, 3.05) is 6.61 Å². The Kier molecular flexibility index (Phi) is 5.94. The van der Waals surface area contributed by atoms with E-state index >= 15 is 0 Å². The summed E-state index contributed by atoms with van der Waals surface area (Å²) in [4.78, 5) is 17.9. The molecule has 0 aliphatic carbocycles. The summed E-state index contributed by atoms with van der Waals surface area (Å²) in [7, 11) is 0. The predicted octanol–water partition coefficient (Wildman–Crippen LogP) is 4.71. The van der Waals surface area contributed by atoms with Crippen LogP contribution in [0.3, 0.4) is 0 Å². The van der Waals surface area contributed by atoms with Crippen molar-refractivity contribution in [3.8, 4) is 17.0 Å². The van der Waals surface area contributed by atoms with Gasteiger partial charge in [0.15, 0.2) is 0 Å². The molecular weight excluding hydrogens is 442 g/mol. The second kappa shape index (κ2) is 8.70. The Morgan fingerprint density at radius 1 is 1.21 bits per heavy atom. The minimum atomic E-state index is -3.50. The van der Waals surface area contributed by atoms with Crippen molar-refractivity contribution < 1.29 is 32.2 Å². The second-order valence-corrected chi connectivity index (χ2v) is 7.38. The Bertz CT molecular complexity index is 1230. The van der Waals surface area contributed by atoms with Crippen molar-refractivity contribution in [1.82, 2.24) is 15.4 Å². The number of rotatable bonds is 5. The van der Waals surface area contributed by atoms with Gasteiger partial charge >= 0.3 is 0 Å². The number of hydrogen-bond acceptors (Lipinski definition) is 5. The number of nitrogens with zero attached hydrogens (tertiary/aromatic N) is 2. The first-order valence-corrected chi connectivity index (χ1v) is 10.0. The molecule has 2 aromatic carbocycles. The first kappa shape index (κ1) is 22.5. The largest absolute Gasteiger partial charge is 0.494 e. The summed E-state index contributed by atoms with van der Waals surface area (Å²) in [5.74, 6) is -0.464. The number of fused-ring (bicyclic) bond motifs is 1. The molecule has 1 aromatic heterocycles. The number of amides is 1. The van der Waals surface area contributed by atoms with E-state index in [2.05, 4.69) is 4.98 Å². The number of halogens is 4. The van der Waals surface area contributed by atoms with Crippen LogP contribution in [0.5, 0.6) is 5.75 Å². The molecule has 0 radical (unpaired) electrons. The van der Waals surface area contributed by atoms with Crippen molar-refractivity contribution in [1.29, 1.82) is 0 Å². The van der Waals surface area contributed by atoms with Crippen LogP contribution in [0.1, 0.15) is 23.7 Å². The van der Waals surface area contributed by atoms with Crippen molar-refractivity contribution >= 4 is 16.8 Å². The first-order chi connectivity index (χ1) is 15.7. The van der Waals surface area contributed by atoms with Gasteiger partial charge < -0.3 is 9.84 Å². The third kappa shape index (κ3) is 4.09. The van der Waals surface area contributed by atoms with E-state index in [0.29, 0.717) is 34.5 Å². The molecule has 2 N–H and O–H groups in total. The molecule has 6 nitrogen and oxygen atoms in total. The zero-order chi connectivity index (χ0) is 23.8. The van der Waals surface area contributed by atoms with Gasteiger partial charge in [0.2, 0.25) is 5.72 Å². The monoisotopic (exact) mass is 461 g/mol. The lowest BCUT2D eigenvalue weighted by Crippen LogP contribution is -2.55. The van der Waals surface area contributed by atoms with E-state index in [1.807, 2.05) is 12.3 Å². The lowest BCUT2D eigenvalue weighted by Gasteiger charge is -2.31. The highest BCUT2D eigenvalue weighted by Gasteiger charge is 2.53. The fourth-order valence-corrected chi connectivity index (χ4v) is 3.63. The van der Waals surface area contributed by atoms with Crippen molar-refractivity contribution in [3.05, 3.63) is 71.9 Å². The van der Waals surface area contributed by atoms with Gasteiger partial charge in [-0.3, -0.25) is 10.2 Å². The summed E-state index contributed by atoms with van der Waals surface area (Å²) < 4.78 is 59.0. The molecule has 2 heterocycles. The Hall–Kier alpha value is -3.66. The van der Waals surface area contributed by atoms with Gasteiger partial charge in [-0.2, -0.15) is 8.78 Å². The highest BCUT2D eigenvalue weighted by molar-refractivity contribution is 6.07. The Labute approximate surface area is 186 Å². The Balaban J connectivity index is 1.83. The van der Waals surface area contributed by atoms with Crippen LogP contribution in [0.15, 0.2) is 66.4 Å². The summed E-state index contributed by atoms with van der Waals surface area (Å²) in [6.45, 7) is 2.33. The minimum Gasteiger partial charge on any atom is -0.494 e. The number of hydrazine groups is 1. The van der Waals surface area contributed by atoms with Crippen LogP contribution in [0.2, 0.25) is 0 Å². The lowest BCUT2D eigenvalue weighted by atomic mass is 10.0.